The fourth-order valence-electron chi connectivity index (χ4n) is 2.25. The minimum absolute atomic E-state index is 0.0744. The van der Waals surface area contributed by atoms with Crippen molar-refractivity contribution in [3.8, 4) is 0 Å². The minimum atomic E-state index is -3.61. The Balaban J connectivity index is 1.99. The van der Waals surface area contributed by atoms with Gasteiger partial charge in [0, 0.05) is 18.0 Å². The number of hydrogen-bond acceptors (Lipinski definition) is 3. The van der Waals surface area contributed by atoms with Crippen LogP contribution in [0.2, 0.25) is 10.0 Å². The van der Waals surface area contributed by atoms with E-state index in [0.717, 1.165) is 12.0 Å². The molecule has 2 aromatic rings. The zero-order chi connectivity index (χ0) is 14.3. The topological polar surface area (TPSA) is 37.4 Å². The largest absolute Gasteiger partial charge is 0.244 e. The maximum Gasteiger partial charge on any atom is 0.244 e. The number of hydrogen-bond donors (Lipinski definition) is 0. The van der Waals surface area contributed by atoms with Crippen LogP contribution >= 0.6 is 34.5 Å². The Kier molecular flexibility index (Phi) is 3.81. The number of sulfonamides is 1. The molecule has 0 saturated carbocycles. The maximum absolute atomic E-state index is 12.7. The first-order valence-corrected chi connectivity index (χ1v) is 9.07. The summed E-state index contributed by atoms with van der Waals surface area (Å²) in [6, 6.07) is 6.64. The van der Waals surface area contributed by atoms with Crippen molar-refractivity contribution in [1.82, 2.24) is 4.31 Å². The van der Waals surface area contributed by atoms with Gasteiger partial charge in [0.2, 0.25) is 10.0 Å². The molecule has 0 saturated heterocycles. The first-order valence-electron chi connectivity index (χ1n) is 5.99. The lowest BCUT2D eigenvalue weighted by Crippen LogP contribution is -2.35. The monoisotopic (exact) mass is 347 g/mol. The van der Waals surface area contributed by atoms with E-state index in [-0.39, 0.29) is 14.9 Å². The summed E-state index contributed by atoms with van der Waals surface area (Å²) in [5.41, 5.74) is 1.07. The van der Waals surface area contributed by atoms with Crippen LogP contribution in [-0.2, 0) is 23.0 Å². The van der Waals surface area contributed by atoms with Crippen LogP contribution in [0.4, 0.5) is 0 Å². The Bertz CT molecular complexity index is 755. The predicted octanol–water partition coefficient (Wildman–Crippen LogP) is 3.80. The highest BCUT2D eigenvalue weighted by Gasteiger charge is 2.30. The molecule has 1 aromatic carbocycles. The van der Waals surface area contributed by atoms with Gasteiger partial charge in [0.25, 0.3) is 0 Å². The van der Waals surface area contributed by atoms with Gasteiger partial charge in [0.15, 0.2) is 0 Å². The Labute approximate surface area is 131 Å². The lowest BCUT2D eigenvalue weighted by atomic mass is 10.1. The van der Waals surface area contributed by atoms with Crippen LogP contribution in [0.1, 0.15) is 10.4 Å². The van der Waals surface area contributed by atoms with Crippen molar-refractivity contribution < 1.29 is 8.42 Å². The van der Waals surface area contributed by atoms with E-state index < -0.39 is 10.0 Å². The number of thiophene rings is 1. The number of rotatable bonds is 2. The molecule has 0 radical (unpaired) electrons. The van der Waals surface area contributed by atoms with E-state index in [1.807, 2.05) is 11.4 Å². The van der Waals surface area contributed by atoms with E-state index in [2.05, 4.69) is 0 Å². The second-order valence-electron chi connectivity index (χ2n) is 4.51. The molecule has 0 unspecified atom stereocenters. The van der Waals surface area contributed by atoms with Gasteiger partial charge in [-0.15, -0.1) is 11.3 Å². The summed E-state index contributed by atoms with van der Waals surface area (Å²) in [5, 5.41) is 2.33. The van der Waals surface area contributed by atoms with Crippen LogP contribution in [-0.4, -0.2) is 19.3 Å². The molecule has 7 heteroatoms. The summed E-state index contributed by atoms with van der Waals surface area (Å²) in [4.78, 5) is 1.33. The van der Waals surface area contributed by atoms with Gasteiger partial charge in [0.05, 0.1) is 10.0 Å². The molecule has 2 heterocycles. The molecular formula is C13H11Cl2NO2S2. The fraction of sp³-hybridized carbons (Fsp3) is 0.231. The Hall–Kier alpha value is -0.590. The molecule has 0 spiro atoms. The average Bonchev–Trinajstić information content (AvgIpc) is 2.89. The van der Waals surface area contributed by atoms with Crippen LogP contribution in [0.5, 0.6) is 0 Å². The average molecular weight is 348 g/mol. The van der Waals surface area contributed by atoms with Gasteiger partial charge in [-0.05, 0) is 35.6 Å². The molecule has 0 aliphatic carbocycles. The SMILES string of the molecule is O=S(=O)(c1cccc(Cl)c1Cl)N1CCc2sccc2C1. The Morgan fingerprint density at radius 1 is 1.20 bits per heavy atom. The summed E-state index contributed by atoms with van der Waals surface area (Å²) in [7, 11) is -3.61. The van der Waals surface area contributed by atoms with Crippen molar-refractivity contribution in [2.24, 2.45) is 0 Å². The van der Waals surface area contributed by atoms with Gasteiger partial charge < -0.3 is 0 Å². The molecule has 3 nitrogen and oxygen atoms in total. The van der Waals surface area contributed by atoms with Crippen molar-refractivity contribution in [3.63, 3.8) is 0 Å². The summed E-state index contributed by atoms with van der Waals surface area (Å²) in [6.07, 6.45) is 0.740. The standard InChI is InChI=1S/C13H11Cl2NO2S2/c14-10-2-1-3-12(13(10)15)20(17,18)16-6-4-11-9(8-16)5-7-19-11/h1-3,5,7H,4,6,8H2. The number of fused-ring (bicyclic) bond motifs is 1. The molecule has 106 valence electrons. The van der Waals surface area contributed by atoms with Gasteiger partial charge in [-0.2, -0.15) is 4.31 Å². The van der Waals surface area contributed by atoms with E-state index in [9.17, 15) is 8.42 Å². The normalized spacial score (nSPS) is 16.1. The summed E-state index contributed by atoms with van der Waals surface area (Å²) >= 11 is 13.6. The van der Waals surface area contributed by atoms with Gasteiger partial charge in [-0.1, -0.05) is 29.3 Å². The quantitative estimate of drug-likeness (QED) is 0.828. The van der Waals surface area contributed by atoms with E-state index in [0.29, 0.717) is 13.1 Å². The van der Waals surface area contributed by atoms with Gasteiger partial charge >= 0.3 is 0 Å². The van der Waals surface area contributed by atoms with E-state index in [1.54, 1.807) is 23.5 Å². The first-order chi connectivity index (χ1) is 9.50. The van der Waals surface area contributed by atoms with E-state index in [4.69, 9.17) is 23.2 Å². The summed E-state index contributed by atoms with van der Waals surface area (Å²) < 4.78 is 26.8. The lowest BCUT2D eigenvalue weighted by molar-refractivity contribution is 0.394. The molecule has 20 heavy (non-hydrogen) atoms. The minimum Gasteiger partial charge on any atom is -0.207 e. The van der Waals surface area contributed by atoms with Crippen molar-refractivity contribution in [3.05, 3.63) is 50.1 Å². The molecule has 0 N–H and O–H groups in total. The third-order valence-electron chi connectivity index (χ3n) is 3.31. The Morgan fingerprint density at radius 2 is 2.00 bits per heavy atom. The zero-order valence-corrected chi connectivity index (χ0v) is 13.5. The Morgan fingerprint density at radius 3 is 2.80 bits per heavy atom. The highest BCUT2D eigenvalue weighted by Crippen LogP contribution is 2.33. The van der Waals surface area contributed by atoms with Gasteiger partial charge in [-0.3, -0.25) is 0 Å². The first kappa shape index (κ1) is 14.4. The molecule has 1 aliphatic heterocycles. The third-order valence-corrected chi connectivity index (χ3v) is 7.15. The maximum atomic E-state index is 12.7. The molecule has 1 aliphatic rings. The van der Waals surface area contributed by atoms with Crippen LogP contribution in [0.3, 0.4) is 0 Å². The zero-order valence-electron chi connectivity index (χ0n) is 10.3. The molecule has 1 aromatic heterocycles. The van der Waals surface area contributed by atoms with Crippen molar-refractivity contribution >= 4 is 44.6 Å². The van der Waals surface area contributed by atoms with Crippen LogP contribution in [0.15, 0.2) is 34.5 Å². The van der Waals surface area contributed by atoms with Crippen molar-refractivity contribution in [1.29, 1.82) is 0 Å². The van der Waals surface area contributed by atoms with Crippen LogP contribution in [0, 0.1) is 0 Å². The van der Waals surface area contributed by atoms with E-state index >= 15 is 0 Å². The predicted molar refractivity (Wildman–Crippen MR) is 82.1 cm³/mol. The third kappa shape index (κ3) is 2.38. The number of halogens is 2. The molecule has 0 bridgehead atoms. The molecule has 0 atom stereocenters. The van der Waals surface area contributed by atoms with Crippen LogP contribution < -0.4 is 0 Å². The lowest BCUT2D eigenvalue weighted by Gasteiger charge is -2.26. The highest BCUT2D eigenvalue weighted by molar-refractivity contribution is 7.89. The van der Waals surface area contributed by atoms with Crippen molar-refractivity contribution in [2.75, 3.05) is 6.54 Å². The van der Waals surface area contributed by atoms with Crippen molar-refractivity contribution in [2.45, 2.75) is 17.9 Å². The molecule has 3 rings (SSSR count). The van der Waals surface area contributed by atoms with Crippen LogP contribution in [0.25, 0.3) is 0 Å². The van der Waals surface area contributed by atoms with Gasteiger partial charge in [-0.25, -0.2) is 8.42 Å². The molecule has 0 fully saturated rings. The molecule has 0 amide bonds. The number of benzene rings is 1. The van der Waals surface area contributed by atoms with E-state index in [1.165, 1.54) is 15.2 Å². The summed E-state index contributed by atoms with van der Waals surface area (Å²) in [5.74, 6) is 0. The summed E-state index contributed by atoms with van der Waals surface area (Å²) in [6.45, 7) is 0.864. The smallest absolute Gasteiger partial charge is 0.207 e. The number of nitrogens with zero attached hydrogens (tertiary/aromatic N) is 1. The second-order valence-corrected chi connectivity index (χ2v) is 8.20. The highest BCUT2D eigenvalue weighted by atomic mass is 35.5. The second kappa shape index (κ2) is 5.31. The van der Waals surface area contributed by atoms with Gasteiger partial charge in [0.1, 0.15) is 4.90 Å². The molecular weight excluding hydrogens is 337 g/mol. The fourth-order valence-corrected chi connectivity index (χ4v) is 5.29.